The van der Waals surface area contributed by atoms with E-state index >= 15 is 0 Å². The van der Waals surface area contributed by atoms with Gasteiger partial charge in [0.1, 0.15) is 13.2 Å². The van der Waals surface area contributed by atoms with Crippen molar-refractivity contribution in [3.8, 4) is 11.5 Å². The van der Waals surface area contributed by atoms with Crippen LogP contribution in [0.1, 0.15) is 27.6 Å². The summed E-state index contributed by atoms with van der Waals surface area (Å²) in [6.07, 6.45) is 3.21. The fourth-order valence-corrected chi connectivity index (χ4v) is 7.11. The standard InChI is InChI=1S/C26H26N4O5S2/c1-16-28-25-20(4-3-5-24(25)36-16)21(11-27-2)26(31)29-12-17-14-30(15-18(17)13-29)37(32,33)19-6-7-22-23(10-19)35-9-8-34-22/h3-7,10,14-15,21,27H,8-9,11-13H2,1-2H3. The summed E-state index contributed by atoms with van der Waals surface area (Å²) in [5, 5.41) is 4.11. The molecular weight excluding hydrogens is 512 g/mol. The number of fused-ring (bicyclic) bond motifs is 3. The third-order valence-electron chi connectivity index (χ3n) is 6.74. The molecule has 2 aliphatic heterocycles. The van der Waals surface area contributed by atoms with E-state index in [1.165, 1.54) is 16.1 Å². The third-order valence-corrected chi connectivity index (χ3v) is 9.29. The number of amides is 1. The Bertz CT molecular complexity index is 1600. The number of carbonyl (C=O) groups excluding carboxylic acids is 1. The van der Waals surface area contributed by atoms with Crippen molar-refractivity contribution in [3.05, 3.63) is 70.5 Å². The number of likely N-dealkylation sites (N-methyl/N-ethyl adjacent to an activating group) is 1. The number of nitrogens with one attached hydrogen (secondary N) is 1. The monoisotopic (exact) mass is 538 g/mol. The lowest BCUT2D eigenvalue weighted by atomic mass is 9.96. The zero-order valence-corrected chi connectivity index (χ0v) is 22.1. The van der Waals surface area contributed by atoms with Crippen LogP contribution in [-0.2, 0) is 27.9 Å². The number of ether oxygens (including phenoxy) is 2. The number of carbonyl (C=O) groups is 1. The summed E-state index contributed by atoms with van der Waals surface area (Å²) in [6, 6.07) is 10.6. The molecule has 2 aliphatic rings. The van der Waals surface area contributed by atoms with Crippen molar-refractivity contribution in [3.63, 3.8) is 0 Å². The second-order valence-electron chi connectivity index (χ2n) is 9.18. The highest BCUT2D eigenvalue weighted by molar-refractivity contribution is 7.90. The van der Waals surface area contributed by atoms with Crippen LogP contribution in [0, 0.1) is 6.92 Å². The zero-order valence-electron chi connectivity index (χ0n) is 20.4. The van der Waals surface area contributed by atoms with E-state index in [0.717, 1.165) is 31.9 Å². The van der Waals surface area contributed by atoms with Gasteiger partial charge in [0.25, 0.3) is 10.0 Å². The summed E-state index contributed by atoms with van der Waals surface area (Å²) < 4.78 is 40.0. The highest BCUT2D eigenvalue weighted by Gasteiger charge is 2.33. The summed E-state index contributed by atoms with van der Waals surface area (Å²) >= 11 is 1.62. The van der Waals surface area contributed by atoms with Gasteiger partial charge in [0.2, 0.25) is 5.91 Å². The van der Waals surface area contributed by atoms with Crippen molar-refractivity contribution in [2.24, 2.45) is 0 Å². The first-order chi connectivity index (χ1) is 17.8. The van der Waals surface area contributed by atoms with Crippen LogP contribution in [0.5, 0.6) is 11.5 Å². The van der Waals surface area contributed by atoms with Crippen LogP contribution in [0.2, 0.25) is 0 Å². The van der Waals surface area contributed by atoms with Crippen molar-refractivity contribution in [2.75, 3.05) is 26.8 Å². The van der Waals surface area contributed by atoms with E-state index in [2.05, 4.69) is 10.3 Å². The summed E-state index contributed by atoms with van der Waals surface area (Å²) in [5.41, 5.74) is 3.41. The molecule has 0 aliphatic carbocycles. The second-order valence-corrected chi connectivity index (χ2v) is 12.3. The van der Waals surface area contributed by atoms with Gasteiger partial charge < -0.3 is 19.7 Å². The Balaban J connectivity index is 1.25. The lowest BCUT2D eigenvalue weighted by molar-refractivity contribution is -0.133. The van der Waals surface area contributed by atoms with Gasteiger partial charge in [-0.25, -0.2) is 17.4 Å². The lowest BCUT2D eigenvalue weighted by Crippen LogP contribution is -2.35. The van der Waals surface area contributed by atoms with E-state index in [-0.39, 0.29) is 10.8 Å². The molecule has 0 spiro atoms. The highest BCUT2D eigenvalue weighted by Crippen LogP contribution is 2.35. The summed E-state index contributed by atoms with van der Waals surface area (Å²) in [4.78, 5) is 20.3. The van der Waals surface area contributed by atoms with Crippen molar-refractivity contribution in [1.82, 2.24) is 19.2 Å². The molecule has 37 heavy (non-hydrogen) atoms. The smallest absolute Gasteiger partial charge is 0.267 e. The second kappa shape index (κ2) is 9.16. The van der Waals surface area contributed by atoms with Gasteiger partial charge >= 0.3 is 0 Å². The minimum Gasteiger partial charge on any atom is -0.486 e. The fraction of sp³-hybridized carbons (Fsp3) is 0.308. The molecule has 192 valence electrons. The fourth-order valence-electron chi connectivity index (χ4n) is 4.98. The predicted octanol–water partition coefficient (Wildman–Crippen LogP) is 3.26. The molecule has 1 N–H and O–H groups in total. The average Bonchev–Trinajstić information content (AvgIpc) is 3.59. The largest absolute Gasteiger partial charge is 0.486 e. The molecule has 6 rings (SSSR count). The van der Waals surface area contributed by atoms with Crippen LogP contribution < -0.4 is 14.8 Å². The van der Waals surface area contributed by atoms with Crippen LogP contribution in [0.25, 0.3) is 10.2 Å². The molecule has 1 atom stereocenters. The third kappa shape index (κ3) is 4.16. The Hall–Kier alpha value is -3.41. The molecule has 11 heteroatoms. The van der Waals surface area contributed by atoms with E-state index in [4.69, 9.17) is 9.47 Å². The molecule has 0 saturated carbocycles. The Labute approximate surface area is 218 Å². The summed E-state index contributed by atoms with van der Waals surface area (Å²) in [6.45, 7) is 3.96. The first-order valence-corrected chi connectivity index (χ1v) is 14.2. The quantitative estimate of drug-likeness (QED) is 0.402. The highest BCUT2D eigenvalue weighted by atomic mass is 32.2. The molecule has 2 aromatic carbocycles. The van der Waals surface area contributed by atoms with Gasteiger partial charge in [-0.05, 0) is 48.9 Å². The number of aromatic nitrogens is 2. The van der Waals surface area contributed by atoms with Gasteiger partial charge in [0.15, 0.2) is 11.5 Å². The Morgan fingerprint density at radius 1 is 1.11 bits per heavy atom. The van der Waals surface area contributed by atoms with E-state index < -0.39 is 15.9 Å². The van der Waals surface area contributed by atoms with Gasteiger partial charge in [-0.3, -0.25) is 4.79 Å². The molecule has 0 bridgehead atoms. The van der Waals surface area contributed by atoms with E-state index in [0.29, 0.717) is 44.3 Å². The van der Waals surface area contributed by atoms with Crippen molar-refractivity contribution < 1.29 is 22.7 Å². The van der Waals surface area contributed by atoms with Gasteiger partial charge in [0, 0.05) is 38.1 Å². The van der Waals surface area contributed by atoms with Gasteiger partial charge in [-0.15, -0.1) is 11.3 Å². The maximum atomic E-state index is 13.7. The van der Waals surface area contributed by atoms with Crippen molar-refractivity contribution in [1.29, 1.82) is 0 Å². The molecule has 0 radical (unpaired) electrons. The number of nitrogens with zero attached hydrogens (tertiary/aromatic N) is 3. The maximum Gasteiger partial charge on any atom is 0.267 e. The molecule has 1 unspecified atom stereocenters. The van der Waals surface area contributed by atoms with E-state index in [9.17, 15) is 13.2 Å². The minimum atomic E-state index is -3.82. The molecule has 4 aromatic rings. The molecule has 9 nitrogen and oxygen atoms in total. The van der Waals surface area contributed by atoms with Crippen molar-refractivity contribution in [2.45, 2.75) is 30.8 Å². The van der Waals surface area contributed by atoms with Crippen LogP contribution in [0.4, 0.5) is 0 Å². The van der Waals surface area contributed by atoms with Gasteiger partial charge in [-0.1, -0.05) is 12.1 Å². The summed E-state index contributed by atoms with van der Waals surface area (Å²) in [7, 11) is -1.99. The number of benzene rings is 2. The zero-order chi connectivity index (χ0) is 25.7. The number of para-hydroxylation sites is 1. The minimum absolute atomic E-state index is 0.00931. The first-order valence-electron chi connectivity index (χ1n) is 12.0. The molecule has 0 saturated heterocycles. The topological polar surface area (TPSA) is 103 Å². The number of thiazole rings is 1. The van der Waals surface area contributed by atoms with Crippen molar-refractivity contribution >= 4 is 37.5 Å². The maximum absolute atomic E-state index is 13.7. The van der Waals surface area contributed by atoms with Crippen LogP contribution in [0.3, 0.4) is 0 Å². The van der Waals surface area contributed by atoms with Crippen LogP contribution in [-0.4, -0.2) is 55.0 Å². The van der Waals surface area contributed by atoms with E-state index in [1.807, 2.05) is 32.2 Å². The average molecular weight is 539 g/mol. The molecule has 1 amide bonds. The molecular formula is C26H26N4O5S2. The number of hydrogen-bond acceptors (Lipinski definition) is 8. The summed E-state index contributed by atoms with van der Waals surface area (Å²) in [5.74, 6) is 0.552. The Kier molecular flexibility index (Phi) is 5.93. The van der Waals surface area contributed by atoms with E-state index in [1.54, 1.807) is 34.7 Å². The molecule has 2 aromatic heterocycles. The lowest BCUT2D eigenvalue weighted by Gasteiger charge is -2.24. The Morgan fingerprint density at radius 2 is 1.84 bits per heavy atom. The number of hydrogen-bond donors (Lipinski definition) is 1. The van der Waals surface area contributed by atoms with Gasteiger partial charge in [0.05, 0.1) is 26.0 Å². The molecule has 4 heterocycles. The van der Waals surface area contributed by atoms with Crippen LogP contribution in [0.15, 0.2) is 53.7 Å². The number of rotatable bonds is 6. The van der Waals surface area contributed by atoms with Crippen LogP contribution >= 0.6 is 11.3 Å². The van der Waals surface area contributed by atoms with Gasteiger partial charge in [-0.2, -0.15) is 0 Å². The molecule has 0 fully saturated rings. The Morgan fingerprint density at radius 3 is 2.57 bits per heavy atom. The predicted molar refractivity (Wildman–Crippen MR) is 140 cm³/mol. The first kappa shape index (κ1) is 24.0. The number of aryl methyl sites for hydroxylation is 1. The normalized spacial score (nSPS) is 15.7. The SMILES string of the molecule is CNCC(C(=O)N1Cc2cn(S(=O)(=O)c3ccc4c(c3)OCCO4)cc2C1)c1cccc2sc(C)nc12.